The Morgan fingerprint density at radius 3 is 1.02 bits per heavy atom. The Balaban J connectivity index is 3.55. The van der Waals surface area contributed by atoms with Gasteiger partial charge in [-0.2, -0.15) is 0 Å². The molecule has 0 saturated carbocycles. The van der Waals surface area contributed by atoms with Crippen molar-refractivity contribution < 1.29 is 20.1 Å². The Morgan fingerprint density at radius 1 is 0.403 bits per heavy atom. The third-order valence-corrected chi connectivity index (χ3v) is 13.3. The SMILES string of the molecule is CCCCCCCCCCC/C=C\C/C=C\CCCCCCCCCC(O)CC(=O)NC(CO)C(O)CCCCCCCCCCCCCCCCCCCCCCCCCC. The van der Waals surface area contributed by atoms with E-state index < -0.39 is 18.2 Å². The highest BCUT2D eigenvalue weighted by Gasteiger charge is 2.21. The van der Waals surface area contributed by atoms with Gasteiger partial charge < -0.3 is 20.6 Å². The second-order valence-corrected chi connectivity index (χ2v) is 19.6. The summed E-state index contributed by atoms with van der Waals surface area (Å²) >= 11 is 0. The predicted molar refractivity (Wildman–Crippen MR) is 273 cm³/mol. The summed E-state index contributed by atoms with van der Waals surface area (Å²) in [6.45, 7) is 4.30. The Labute approximate surface area is 388 Å². The molecule has 0 aromatic carbocycles. The molecule has 0 fully saturated rings. The van der Waals surface area contributed by atoms with Gasteiger partial charge in [-0.25, -0.2) is 0 Å². The van der Waals surface area contributed by atoms with E-state index in [-0.39, 0.29) is 18.9 Å². The van der Waals surface area contributed by atoms with Crippen LogP contribution in [0.2, 0.25) is 0 Å². The fourth-order valence-corrected chi connectivity index (χ4v) is 8.97. The fraction of sp³-hybridized carbons (Fsp3) is 0.912. The molecule has 3 unspecified atom stereocenters. The number of nitrogens with one attached hydrogen (secondary N) is 1. The molecule has 4 N–H and O–H groups in total. The van der Waals surface area contributed by atoms with Gasteiger partial charge in [-0.15, -0.1) is 0 Å². The van der Waals surface area contributed by atoms with Gasteiger partial charge >= 0.3 is 0 Å². The molecule has 0 aliphatic rings. The summed E-state index contributed by atoms with van der Waals surface area (Å²) in [6.07, 6.45) is 66.1. The minimum absolute atomic E-state index is 0.0330. The van der Waals surface area contributed by atoms with E-state index >= 15 is 0 Å². The van der Waals surface area contributed by atoms with Crippen LogP contribution < -0.4 is 5.32 Å². The Kier molecular flexibility index (Phi) is 51.5. The highest BCUT2D eigenvalue weighted by Crippen LogP contribution is 2.18. The van der Waals surface area contributed by atoms with Gasteiger partial charge in [-0.05, 0) is 44.9 Å². The maximum Gasteiger partial charge on any atom is 0.222 e. The molecular formula is C57H111NO4. The van der Waals surface area contributed by atoms with Crippen molar-refractivity contribution >= 4 is 5.91 Å². The molecule has 5 heteroatoms. The zero-order chi connectivity index (χ0) is 45.1. The van der Waals surface area contributed by atoms with Gasteiger partial charge in [0.15, 0.2) is 0 Å². The summed E-state index contributed by atoms with van der Waals surface area (Å²) < 4.78 is 0. The molecular weight excluding hydrogens is 763 g/mol. The molecule has 0 bridgehead atoms. The molecule has 0 aliphatic carbocycles. The Hall–Kier alpha value is -1.17. The third-order valence-electron chi connectivity index (χ3n) is 13.3. The van der Waals surface area contributed by atoms with Crippen LogP contribution in [0.1, 0.15) is 309 Å². The molecule has 0 spiro atoms. The zero-order valence-electron chi connectivity index (χ0n) is 42.0. The van der Waals surface area contributed by atoms with Gasteiger partial charge in [0, 0.05) is 0 Å². The molecule has 0 aromatic heterocycles. The van der Waals surface area contributed by atoms with Gasteiger partial charge in [-0.3, -0.25) is 4.79 Å². The van der Waals surface area contributed by atoms with Gasteiger partial charge in [0.25, 0.3) is 0 Å². The number of hydrogen-bond acceptors (Lipinski definition) is 4. The average Bonchev–Trinajstić information content (AvgIpc) is 3.27. The molecule has 0 aromatic rings. The highest BCUT2D eigenvalue weighted by atomic mass is 16.3. The van der Waals surface area contributed by atoms with Gasteiger partial charge in [0.2, 0.25) is 5.91 Å². The number of amides is 1. The lowest BCUT2D eigenvalue weighted by molar-refractivity contribution is -0.125. The van der Waals surface area contributed by atoms with E-state index in [1.807, 2.05) is 0 Å². The van der Waals surface area contributed by atoms with Crippen molar-refractivity contribution in [1.82, 2.24) is 5.32 Å². The summed E-state index contributed by atoms with van der Waals surface area (Å²) in [5.74, 6) is -0.283. The molecule has 368 valence electrons. The smallest absolute Gasteiger partial charge is 0.222 e. The molecule has 0 saturated heterocycles. The van der Waals surface area contributed by atoms with E-state index in [1.165, 1.54) is 244 Å². The number of hydrogen-bond donors (Lipinski definition) is 4. The van der Waals surface area contributed by atoms with E-state index in [0.29, 0.717) is 12.8 Å². The molecule has 0 heterocycles. The van der Waals surface area contributed by atoms with Crippen LogP contribution in [0.25, 0.3) is 0 Å². The molecule has 0 radical (unpaired) electrons. The van der Waals surface area contributed by atoms with Crippen molar-refractivity contribution in [3.63, 3.8) is 0 Å². The van der Waals surface area contributed by atoms with Crippen molar-refractivity contribution in [2.24, 2.45) is 0 Å². The number of unbranched alkanes of at least 4 members (excludes halogenated alkanes) is 39. The number of rotatable bonds is 52. The molecule has 5 nitrogen and oxygen atoms in total. The van der Waals surface area contributed by atoms with Crippen LogP contribution in [0.5, 0.6) is 0 Å². The van der Waals surface area contributed by atoms with Crippen LogP contribution in [-0.4, -0.2) is 46.1 Å². The topological polar surface area (TPSA) is 89.8 Å². The zero-order valence-corrected chi connectivity index (χ0v) is 42.0. The Morgan fingerprint density at radius 2 is 0.694 bits per heavy atom. The lowest BCUT2D eigenvalue weighted by Gasteiger charge is -2.23. The summed E-state index contributed by atoms with van der Waals surface area (Å²) in [7, 11) is 0. The second-order valence-electron chi connectivity index (χ2n) is 19.6. The quantitative estimate of drug-likeness (QED) is 0.0362. The van der Waals surface area contributed by atoms with Crippen LogP contribution >= 0.6 is 0 Å². The maximum absolute atomic E-state index is 12.5. The third kappa shape index (κ3) is 48.3. The van der Waals surface area contributed by atoms with Gasteiger partial charge in [-0.1, -0.05) is 282 Å². The molecule has 3 atom stereocenters. The lowest BCUT2D eigenvalue weighted by Crippen LogP contribution is -2.46. The predicted octanol–water partition coefficient (Wildman–Crippen LogP) is 17.3. The first kappa shape index (κ1) is 60.8. The largest absolute Gasteiger partial charge is 0.394 e. The molecule has 62 heavy (non-hydrogen) atoms. The van der Waals surface area contributed by atoms with Gasteiger partial charge in [0.1, 0.15) is 0 Å². The van der Waals surface area contributed by atoms with E-state index in [2.05, 4.69) is 43.5 Å². The minimum Gasteiger partial charge on any atom is -0.394 e. The number of carbonyl (C=O) groups is 1. The van der Waals surface area contributed by atoms with Crippen molar-refractivity contribution in [2.45, 2.75) is 327 Å². The number of aliphatic hydroxyl groups is 3. The molecule has 0 rings (SSSR count). The first-order chi connectivity index (χ1) is 30.5. The van der Waals surface area contributed by atoms with Gasteiger partial charge in [0.05, 0.1) is 31.3 Å². The first-order valence-electron chi connectivity index (χ1n) is 28.1. The maximum atomic E-state index is 12.5. The lowest BCUT2D eigenvalue weighted by atomic mass is 10.0. The first-order valence-corrected chi connectivity index (χ1v) is 28.1. The molecule has 1 amide bonds. The van der Waals surface area contributed by atoms with E-state index in [1.54, 1.807) is 0 Å². The van der Waals surface area contributed by atoms with Crippen LogP contribution in [-0.2, 0) is 4.79 Å². The van der Waals surface area contributed by atoms with Crippen molar-refractivity contribution in [1.29, 1.82) is 0 Å². The van der Waals surface area contributed by atoms with Crippen LogP contribution in [0, 0.1) is 0 Å². The van der Waals surface area contributed by atoms with Crippen molar-refractivity contribution in [3.05, 3.63) is 24.3 Å². The Bertz CT molecular complexity index is 920. The van der Waals surface area contributed by atoms with E-state index in [4.69, 9.17) is 0 Å². The van der Waals surface area contributed by atoms with E-state index in [0.717, 1.165) is 32.1 Å². The number of carbonyl (C=O) groups excluding carboxylic acids is 1. The standard InChI is InChI=1S/C57H111NO4/c1-3-5-7-9-11-13-15-17-19-21-23-25-27-29-31-33-35-37-39-41-43-45-47-49-51-56(61)55(53-59)58-57(62)52-54(60)50-48-46-44-42-40-38-36-34-32-30-28-26-24-22-20-18-16-14-12-10-8-6-4-2/h24,26,30,32,54-56,59-61H,3-23,25,27-29,31,33-53H2,1-2H3,(H,58,62)/b26-24-,32-30-. The van der Waals surface area contributed by atoms with Crippen LogP contribution in [0.4, 0.5) is 0 Å². The average molecular weight is 875 g/mol. The highest BCUT2D eigenvalue weighted by molar-refractivity contribution is 5.76. The summed E-state index contributed by atoms with van der Waals surface area (Å²) in [6, 6.07) is -0.661. The van der Waals surface area contributed by atoms with Crippen molar-refractivity contribution in [2.75, 3.05) is 6.61 Å². The molecule has 0 aliphatic heterocycles. The van der Waals surface area contributed by atoms with Crippen LogP contribution in [0.3, 0.4) is 0 Å². The van der Waals surface area contributed by atoms with Crippen LogP contribution in [0.15, 0.2) is 24.3 Å². The van der Waals surface area contributed by atoms with E-state index in [9.17, 15) is 20.1 Å². The minimum atomic E-state index is -0.752. The normalized spacial score (nSPS) is 13.4. The number of allylic oxidation sites excluding steroid dienone is 4. The van der Waals surface area contributed by atoms with Crippen molar-refractivity contribution in [3.8, 4) is 0 Å². The number of aliphatic hydroxyl groups excluding tert-OH is 3. The second kappa shape index (κ2) is 52.5. The summed E-state index contributed by atoms with van der Waals surface area (Å²) in [5, 5.41) is 33.6. The monoisotopic (exact) mass is 874 g/mol. The fourth-order valence-electron chi connectivity index (χ4n) is 8.97. The summed E-state index contributed by atoms with van der Waals surface area (Å²) in [5.41, 5.74) is 0. The summed E-state index contributed by atoms with van der Waals surface area (Å²) in [4.78, 5) is 12.5.